The van der Waals surface area contributed by atoms with Gasteiger partial charge in [0, 0.05) is 17.7 Å². The lowest BCUT2D eigenvalue weighted by Crippen LogP contribution is -1.99. The number of ether oxygens (including phenoxy) is 3. The first-order valence-corrected chi connectivity index (χ1v) is 8.08. The monoisotopic (exact) mass is 342 g/mol. The second kappa shape index (κ2) is 8.78. The van der Waals surface area contributed by atoms with Crippen molar-refractivity contribution in [2.24, 2.45) is 0 Å². The van der Waals surface area contributed by atoms with Gasteiger partial charge in [-0.2, -0.15) is 0 Å². The standard InChI is InChI=1S/C20H22O5/c1-4-24-16-9-6-14(19(13-16)25-5-2)7-11-18(22)17-10-8-15(21)12-20(17)23-3/h6-13,21H,4-5H2,1-3H3. The molecule has 0 saturated heterocycles. The van der Waals surface area contributed by atoms with Gasteiger partial charge in [0.2, 0.25) is 0 Å². The van der Waals surface area contributed by atoms with Gasteiger partial charge in [0.1, 0.15) is 23.0 Å². The van der Waals surface area contributed by atoms with Crippen LogP contribution in [0.3, 0.4) is 0 Å². The van der Waals surface area contributed by atoms with Crippen molar-refractivity contribution in [3.63, 3.8) is 0 Å². The van der Waals surface area contributed by atoms with Crippen molar-refractivity contribution < 1.29 is 24.1 Å². The van der Waals surface area contributed by atoms with Crippen LogP contribution in [0.4, 0.5) is 0 Å². The van der Waals surface area contributed by atoms with E-state index in [-0.39, 0.29) is 11.5 Å². The number of carbonyl (C=O) groups excluding carboxylic acids is 1. The third kappa shape index (κ3) is 4.76. The van der Waals surface area contributed by atoms with Crippen LogP contribution in [-0.2, 0) is 0 Å². The minimum absolute atomic E-state index is 0.0440. The largest absolute Gasteiger partial charge is 0.508 e. The van der Waals surface area contributed by atoms with Crippen molar-refractivity contribution in [1.82, 2.24) is 0 Å². The second-order valence-corrected chi connectivity index (χ2v) is 5.15. The van der Waals surface area contributed by atoms with Crippen LogP contribution >= 0.6 is 0 Å². The molecule has 0 radical (unpaired) electrons. The number of methoxy groups -OCH3 is 1. The molecule has 2 aromatic carbocycles. The summed E-state index contributed by atoms with van der Waals surface area (Å²) >= 11 is 0. The molecular formula is C20H22O5. The van der Waals surface area contributed by atoms with Crippen LogP contribution in [0, 0.1) is 0 Å². The SMILES string of the molecule is CCOc1ccc(C=CC(=O)c2ccc(O)cc2OC)c(OCC)c1. The lowest BCUT2D eigenvalue weighted by atomic mass is 10.1. The minimum Gasteiger partial charge on any atom is -0.508 e. The molecular weight excluding hydrogens is 320 g/mol. The molecule has 2 aromatic rings. The maximum absolute atomic E-state index is 12.4. The van der Waals surface area contributed by atoms with Gasteiger partial charge < -0.3 is 19.3 Å². The number of carbonyl (C=O) groups is 1. The van der Waals surface area contributed by atoms with Crippen LogP contribution in [0.5, 0.6) is 23.0 Å². The first-order chi connectivity index (χ1) is 12.1. The molecule has 0 aromatic heterocycles. The van der Waals surface area contributed by atoms with E-state index in [1.165, 1.54) is 31.4 Å². The smallest absolute Gasteiger partial charge is 0.189 e. The van der Waals surface area contributed by atoms with Gasteiger partial charge in [0.05, 0.1) is 25.9 Å². The van der Waals surface area contributed by atoms with E-state index < -0.39 is 0 Å². The van der Waals surface area contributed by atoms with Crippen molar-refractivity contribution in [3.05, 3.63) is 53.6 Å². The Morgan fingerprint density at radius 2 is 1.80 bits per heavy atom. The topological polar surface area (TPSA) is 65.0 Å². The van der Waals surface area contributed by atoms with E-state index in [1.807, 2.05) is 26.0 Å². The second-order valence-electron chi connectivity index (χ2n) is 5.15. The summed E-state index contributed by atoms with van der Waals surface area (Å²) in [7, 11) is 1.45. The van der Waals surface area contributed by atoms with Gasteiger partial charge in [-0.25, -0.2) is 0 Å². The first kappa shape index (κ1) is 18.4. The highest BCUT2D eigenvalue weighted by Gasteiger charge is 2.11. The van der Waals surface area contributed by atoms with E-state index in [2.05, 4.69) is 0 Å². The molecule has 0 spiro atoms. The predicted molar refractivity (Wildman–Crippen MR) is 96.8 cm³/mol. The lowest BCUT2D eigenvalue weighted by molar-refractivity contribution is 0.104. The van der Waals surface area contributed by atoms with Gasteiger partial charge in [-0.1, -0.05) is 0 Å². The predicted octanol–water partition coefficient (Wildman–Crippen LogP) is 4.09. The summed E-state index contributed by atoms with van der Waals surface area (Å²) in [5.41, 5.74) is 1.15. The van der Waals surface area contributed by atoms with Gasteiger partial charge in [0.15, 0.2) is 5.78 Å². The Balaban J connectivity index is 2.27. The van der Waals surface area contributed by atoms with Crippen LogP contribution in [0.15, 0.2) is 42.5 Å². The molecule has 0 heterocycles. The number of hydrogen-bond acceptors (Lipinski definition) is 5. The fourth-order valence-electron chi connectivity index (χ4n) is 2.33. The molecule has 0 amide bonds. The number of allylic oxidation sites excluding steroid dienone is 1. The summed E-state index contributed by atoms with van der Waals surface area (Å²) in [4.78, 5) is 12.4. The number of aromatic hydroxyl groups is 1. The Hall–Kier alpha value is -2.95. The van der Waals surface area contributed by atoms with Crippen LogP contribution in [-0.4, -0.2) is 31.2 Å². The Kier molecular flexibility index (Phi) is 6.46. The summed E-state index contributed by atoms with van der Waals surface area (Å²) in [6.07, 6.45) is 3.14. The third-order valence-electron chi connectivity index (χ3n) is 3.46. The Bertz CT molecular complexity index is 765. The molecule has 0 aliphatic rings. The van der Waals surface area contributed by atoms with Crippen molar-refractivity contribution in [1.29, 1.82) is 0 Å². The van der Waals surface area contributed by atoms with Gasteiger partial charge in [-0.05, 0) is 50.3 Å². The molecule has 0 aliphatic heterocycles. The number of ketones is 1. The molecule has 5 heteroatoms. The Labute approximate surface area is 147 Å². The third-order valence-corrected chi connectivity index (χ3v) is 3.46. The van der Waals surface area contributed by atoms with E-state index in [9.17, 15) is 9.90 Å². The van der Waals surface area contributed by atoms with Crippen LogP contribution in [0.2, 0.25) is 0 Å². The van der Waals surface area contributed by atoms with Gasteiger partial charge in [-0.3, -0.25) is 4.79 Å². The highest BCUT2D eigenvalue weighted by Crippen LogP contribution is 2.28. The molecule has 25 heavy (non-hydrogen) atoms. The maximum Gasteiger partial charge on any atom is 0.189 e. The summed E-state index contributed by atoms with van der Waals surface area (Å²) in [5.74, 6) is 1.51. The van der Waals surface area contributed by atoms with Crippen LogP contribution < -0.4 is 14.2 Å². The fourth-order valence-corrected chi connectivity index (χ4v) is 2.33. The molecule has 0 unspecified atom stereocenters. The van der Waals surface area contributed by atoms with E-state index in [1.54, 1.807) is 12.1 Å². The van der Waals surface area contributed by atoms with Crippen molar-refractivity contribution in [2.75, 3.05) is 20.3 Å². The summed E-state index contributed by atoms with van der Waals surface area (Å²) in [6, 6.07) is 9.86. The van der Waals surface area contributed by atoms with Crippen LogP contribution in [0.25, 0.3) is 6.08 Å². The first-order valence-electron chi connectivity index (χ1n) is 8.08. The Morgan fingerprint density at radius 3 is 2.48 bits per heavy atom. The Morgan fingerprint density at radius 1 is 1.04 bits per heavy atom. The molecule has 0 aliphatic carbocycles. The van der Waals surface area contributed by atoms with E-state index in [0.717, 1.165) is 11.3 Å². The summed E-state index contributed by atoms with van der Waals surface area (Å²) in [6.45, 7) is 4.89. The zero-order valence-corrected chi connectivity index (χ0v) is 14.6. The molecule has 0 fully saturated rings. The highest BCUT2D eigenvalue weighted by atomic mass is 16.5. The number of hydrogen-bond donors (Lipinski definition) is 1. The molecule has 5 nitrogen and oxygen atoms in total. The van der Waals surface area contributed by atoms with Crippen molar-refractivity contribution >= 4 is 11.9 Å². The molecule has 1 N–H and O–H groups in total. The highest BCUT2D eigenvalue weighted by molar-refractivity contribution is 6.08. The molecule has 0 saturated carbocycles. The number of rotatable bonds is 8. The average Bonchev–Trinajstić information content (AvgIpc) is 2.61. The molecule has 132 valence electrons. The van der Waals surface area contributed by atoms with E-state index >= 15 is 0 Å². The normalized spacial score (nSPS) is 10.7. The quantitative estimate of drug-likeness (QED) is 0.578. The fraction of sp³-hybridized carbons (Fsp3) is 0.250. The van der Waals surface area contributed by atoms with Crippen molar-refractivity contribution in [2.45, 2.75) is 13.8 Å². The van der Waals surface area contributed by atoms with E-state index in [0.29, 0.717) is 30.3 Å². The maximum atomic E-state index is 12.4. The van der Waals surface area contributed by atoms with E-state index in [4.69, 9.17) is 14.2 Å². The minimum atomic E-state index is -0.229. The zero-order chi connectivity index (χ0) is 18.2. The zero-order valence-electron chi connectivity index (χ0n) is 14.6. The summed E-state index contributed by atoms with van der Waals surface area (Å²) < 4.78 is 16.2. The summed E-state index contributed by atoms with van der Waals surface area (Å²) in [5, 5.41) is 9.49. The molecule has 2 rings (SSSR count). The average molecular weight is 342 g/mol. The van der Waals surface area contributed by atoms with Crippen LogP contribution in [0.1, 0.15) is 29.8 Å². The number of phenols is 1. The number of phenolic OH excluding ortho intramolecular Hbond substituents is 1. The molecule has 0 bridgehead atoms. The molecule has 0 atom stereocenters. The van der Waals surface area contributed by atoms with Gasteiger partial charge >= 0.3 is 0 Å². The van der Waals surface area contributed by atoms with Gasteiger partial charge in [-0.15, -0.1) is 0 Å². The number of benzene rings is 2. The van der Waals surface area contributed by atoms with Gasteiger partial charge in [0.25, 0.3) is 0 Å². The lowest BCUT2D eigenvalue weighted by Gasteiger charge is -2.10. The van der Waals surface area contributed by atoms with Crippen molar-refractivity contribution in [3.8, 4) is 23.0 Å².